The predicted octanol–water partition coefficient (Wildman–Crippen LogP) is 4.56. The molecule has 128 valence electrons. The molecule has 6 heteroatoms. The SMILES string of the molecule is CC1c2cccn2CCN1C(=O)CCCOc1cccc(Cl)c1Cl. The molecule has 0 bridgehead atoms. The molecule has 2 aromatic rings. The maximum Gasteiger partial charge on any atom is 0.223 e. The lowest BCUT2D eigenvalue weighted by atomic mass is 10.1. The number of rotatable bonds is 5. The molecule has 0 N–H and O–H groups in total. The van der Waals surface area contributed by atoms with Crippen LogP contribution in [0.4, 0.5) is 0 Å². The van der Waals surface area contributed by atoms with Gasteiger partial charge in [0.25, 0.3) is 0 Å². The Kier molecular flexibility index (Phi) is 5.36. The minimum Gasteiger partial charge on any atom is -0.492 e. The van der Waals surface area contributed by atoms with Gasteiger partial charge in [0.2, 0.25) is 5.91 Å². The van der Waals surface area contributed by atoms with E-state index in [4.69, 9.17) is 27.9 Å². The van der Waals surface area contributed by atoms with Gasteiger partial charge in [-0.3, -0.25) is 4.79 Å². The van der Waals surface area contributed by atoms with Crippen LogP contribution in [0.15, 0.2) is 36.5 Å². The van der Waals surface area contributed by atoms with Gasteiger partial charge in [-0.15, -0.1) is 0 Å². The van der Waals surface area contributed by atoms with E-state index >= 15 is 0 Å². The summed E-state index contributed by atoms with van der Waals surface area (Å²) in [4.78, 5) is 14.4. The summed E-state index contributed by atoms with van der Waals surface area (Å²) in [6.45, 7) is 4.12. The fourth-order valence-electron chi connectivity index (χ4n) is 3.06. The molecule has 0 spiro atoms. The standard InChI is InChI=1S/C18H20Cl2N2O2/c1-13-15-6-3-9-21(15)10-11-22(13)17(23)8-4-12-24-16-7-2-5-14(19)18(16)20/h2-3,5-7,9,13H,4,8,10-12H2,1H3. The Bertz CT molecular complexity index is 730. The average molecular weight is 367 g/mol. The molecule has 24 heavy (non-hydrogen) atoms. The number of hydrogen-bond acceptors (Lipinski definition) is 2. The van der Waals surface area contributed by atoms with Crippen LogP contribution in [0.1, 0.15) is 31.5 Å². The molecule has 4 nitrogen and oxygen atoms in total. The highest BCUT2D eigenvalue weighted by molar-refractivity contribution is 6.42. The van der Waals surface area contributed by atoms with E-state index in [2.05, 4.69) is 23.8 Å². The second kappa shape index (κ2) is 7.49. The highest BCUT2D eigenvalue weighted by Crippen LogP contribution is 2.31. The Labute approximate surface area is 151 Å². The topological polar surface area (TPSA) is 34.5 Å². The fraction of sp³-hybridized carbons (Fsp3) is 0.389. The lowest BCUT2D eigenvalue weighted by molar-refractivity contribution is -0.134. The lowest BCUT2D eigenvalue weighted by Crippen LogP contribution is -2.40. The number of fused-ring (bicyclic) bond motifs is 1. The van der Waals surface area contributed by atoms with Crippen molar-refractivity contribution in [1.82, 2.24) is 9.47 Å². The van der Waals surface area contributed by atoms with Gasteiger partial charge in [-0.25, -0.2) is 0 Å². The van der Waals surface area contributed by atoms with Crippen LogP contribution >= 0.6 is 23.2 Å². The number of amides is 1. The second-order valence-electron chi connectivity index (χ2n) is 5.89. The number of halogens is 2. The molecule has 0 aliphatic carbocycles. The zero-order valence-electron chi connectivity index (χ0n) is 13.5. The summed E-state index contributed by atoms with van der Waals surface area (Å²) in [6.07, 6.45) is 3.17. The molecule has 0 saturated heterocycles. The molecule has 2 heterocycles. The summed E-state index contributed by atoms with van der Waals surface area (Å²) in [5, 5.41) is 0.881. The third kappa shape index (κ3) is 3.55. The molecule has 1 amide bonds. The zero-order valence-corrected chi connectivity index (χ0v) is 15.1. The van der Waals surface area contributed by atoms with Crippen LogP contribution in [0.3, 0.4) is 0 Å². The molecular formula is C18H20Cl2N2O2. The highest BCUT2D eigenvalue weighted by atomic mass is 35.5. The highest BCUT2D eigenvalue weighted by Gasteiger charge is 2.26. The Hall–Kier alpha value is -1.65. The van der Waals surface area contributed by atoms with Crippen LogP contribution in [-0.4, -0.2) is 28.5 Å². The van der Waals surface area contributed by atoms with Crippen molar-refractivity contribution in [1.29, 1.82) is 0 Å². The fourth-order valence-corrected chi connectivity index (χ4v) is 3.41. The van der Waals surface area contributed by atoms with Crippen molar-refractivity contribution in [3.05, 3.63) is 52.3 Å². The molecule has 0 saturated carbocycles. The molecule has 1 unspecified atom stereocenters. The van der Waals surface area contributed by atoms with Crippen molar-refractivity contribution in [2.75, 3.05) is 13.2 Å². The number of carbonyl (C=O) groups excluding carboxylic acids is 1. The number of aromatic nitrogens is 1. The molecule has 1 aromatic heterocycles. The third-order valence-electron chi connectivity index (χ3n) is 4.37. The van der Waals surface area contributed by atoms with Crippen molar-refractivity contribution < 1.29 is 9.53 Å². The van der Waals surface area contributed by atoms with Crippen molar-refractivity contribution in [2.45, 2.75) is 32.4 Å². The summed E-state index contributed by atoms with van der Waals surface area (Å²) in [6, 6.07) is 9.50. The van der Waals surface area contributed by atoms with Gasteiger partial charge in [0, 0.05) is 31.4 Å². The zero-order chi connectivity index (χ0) is 17.1. The van der Waals surface area contributed by atoms with Crippen molar-refractivity contribution in [2.24, 2.45) is 0 Å². The molecule has 3 rings (SSSR count). The van der Waals surface area contributed by atoms with E-state index in [0.717, 1.165) is 13.1 Å². The van der Waals surface area contributed by atoms with Crippen LogP contribution in [0.2, 0.25) is 10.0 Å². The summed E-state index contributed by atoms with van der Waals surface area (Å²) >= 11 is 12.0. The van der Waals surface area contributed by atoms with Gasteiger partial charge in [0.15, 0.2) is 0 Å². The quantitative estimate of drug-likeness (QED) is 0.727. The van der Waals surface area contributed by atoms with Gasteiger partial charge in [-0.2, -0.15) is 0 Å². The lowest BCUT2D eigenvalue weighted by Gasteiger charge is -2.35. The monoisotopic (exact) mass is 366 g/mol. The smallest absolute Gasteiger partial charge is 0.223 e. The number of hydrogen-bond donors (Lipinski definition) is 0. The summed E-state index contributed by atoms with van der Waals surface area (Å²) < 4.78 is 7.84. The summed E-state index contributed by atoms with van der Waals surface area (Å²) in [5.41, 5.74) is 1.19. The Morgan fingerprint density at radius 2 is 2.08 bits per heavy atom. The van der Waals surface area contributed by atoms with Gasteiger partial charge in [-0.1, -0.05) is 29.3 Å². The first-order valence-electron chi connectivity index (χ1n) is 8.09. The molecule has 0 radical (unpaired) electrons. The molecule has 0 fully saturated rings. The van der Waals surface area contributed by atoms with E-state index in [1.807, 2.05) is 11.0 Å². The van der Waals surface area contributed by atoms with E-state index < -0.39 is 0 Å². The first kappa shape index (κ1) is 17.2. The van der Waals surface area contributed by atoms with Gasteiger partial charge < -0.3 is 14.2 Å². The number of carbonyl (C=O) groups is 1. The van der Waals surface area contributed by atoms with Gasteiger partial charge in [0.1, 0.15) is 10.8 Å². The van der Waals surface area contributed by atoms with Crippen LogP contribution in [0.25, 0.3) is 0 Å². The number of nitrogens with zero attached hydrogens (tertiary/aromatic N) is 2. The number of benzene rings is 1. The van der Waals surface area contributed by atoms with Gasteiger partial charge in [0.05, 0.1) is 17.7 Å². The van der Waals surface area contributed by atoms with Crippen molar-refractivity contribution >= 4 is 29.1 Å². The summed E-state index contributed by atoms with van der Waals surface area (Å²) in [7, 11) is 0. The van der Waals surface area contributed by atoms with E-state index in [9.17, 15) is 4.79 Å². The van der Waals surface area contributed by atoms with Gasteiger partial charge in [-0.05, 0) is 37.6 Å². The normalized spacial score (nSPS) is 16.8. The van der Waals surface area contributed by atoms with E-state index in [1.165, 1.54) is 5.69 Å². The molecule has 1 aliphatic rings. The van der Waals surface area contributed by atoms with Crippen LogP contribution in [0.5, 0.6) is 5.75 Å². The van der Waals surface area contributed by atoms with Gasteiger partial charge >= 0.3 is 0 Å². The molecular weight excluding hydrogens is 347 g/mol. The van der Waals surface area contributed by atoms with E-state index in [-0.39, 0.29) is 11.9 Å². The number of ether oxygens (including phenoxy) is 1. The molecule has 1 aromatic carbocycles. The van der Waals surface area contributed by atoms with E-state index in [0.29, 0.717) is 35.2 Å². The minimum atomic E-state index is 0.115. The average Bonchev–Trinajstić information content (AvgIpc) is 3.05. The predicted molar refractivity (Wildman–Crippen MR) is 95.8 cm³/mol. The first-order chi connectivity index (χ1) is 11.6. The Morgan fingerprint density at radius 3 is 2.92 bits per heavy atom. The van der Waals surface area contributed by atoms with Crippen molar-refractivity contribution in [3.8, 4) is 5.75 Å². The Morgan fingerprint density at radius 1 is 1.25 bits per heavy atom. The first-order valence-corrected chi connectivity index (χ1v) is 8.85. The van der Waals surface area contributed by atoms with Crippen LogP contribution < -0.4 is 4.74 Å². The minimum absolute atomic E-state index is 0.115. The Balaban J connectivity index is 1.49. The maximum absolute atomic E-state index is 12.5. The maximum atomic E-state index is 12.5. The third-order valence-corrected chi connectivity index (χ3v) is 5.17. The van der Waals surface area contributed by atoms with Crippen LogP contribution in [-0.2, 0) is 11.3 Å². The van der Waals surface area contributed by atoms with Crippen LogP contribution in [0, 0.1) is 0 Å². The van der Waals surface area contributed by atoms with Crippen molar-refractivity contribution in [3.63, 3.8) is 0 Å². The second-order valence-corrected chi connectivity index (χ2v) is 6.68. The molecule has 1 atom stereocenters. The summed E-state index contributed by atoms with van der Waals surface area (Å²) in [5.74, 6) is 0.719. The molecule has 1 aliphatic heterocycles. The largest absolute Gasteiger partial charge is 0.492 e. The van der Waals surface area contributed by atoms with E-state index in [1.54, 1.807) is 18.2 Å².